The summed E-state index contributed by atoms with van der Waals surface area (Å²) < 4.78 is 7.33. The summed E-state index contributed by atoms with van der Waals surface area (Å²) in [4.78, 5) is 4.77. The van der Waals surface area contributed by atoms with Gasteiger partial charge in [0.05, 0.1) is 11.0 Å². The van der Waals surface area contributed by atoms with Crippen molar-refractivity contribution in [1.29, 1.82) is 0 Å². The molecule has 0 saturated carbocycles. The minimum absolute atomic E-state index is 0.784. The normalized spacial score (nSPS) is 19.7. The molecule has 0 N–H and O–H groups in total. The van der Waals surface area contributed by atoms with Gasteiger partial charge in [0.1, 0.15) is 5.76 Å². The summed E-state index contributed by atoms with van der Waals surface area (Å²) in [5, 5.41) is 0. The van der Waals surface area contributed by atoms with E-state index in [-0.39, 0.29) is 0 Å². The Morgan fingerprint density at radius 1 is 1.27 bits per heavy atom. The maximum atomic E-state index is 5.56. The Labute approximate surface area is 107 Å². The summed E-state index contributed by atoms with van der Waals surface area (Å²) in [5.41, 5.74) is 0. The Balaban J connectivity index is 1.91. The second kappa shape index (κ2) is 4.99. The van der Waals surface area contributed by atoms with E-state index in [1.807, 2.05) is 6.07 Å². The molecule has 0 amide bonds. The molecule has 5 heteroatoms. The Morgan fingerprint density at radius 3 is 2.47 bits per heavy atom. The van der Waals surface area contributed by atoms with Crippen LogP contribution in [0.4, 0.5) is 0 Å². The number of nitrogens with zero attached hydrogens (tertiary/aromatic N) is 2. The first-order valence-corrected chi connectivity index (χ1v) is 6.58. The number of hydrogen-bond donors (Lipinski definition) is 0. The first-order chi connectivity index (χ1) is 7.15. The molecule has 0 unspecified atom stereocenters. The molecule has 1 saturated heterocycles. The Hall–Kier alpha value is 0.160. The van der Waals surface area contributed by atoms with E-state index in [0.717, 1.165) is 47.6 Å². The highest BCUT2D eigenvalue weighted by atomic mass is 79.9. The first-order valence-electron chi connectivity index (χ1n) is 5.00. The third-order valence-corrected chi connectivity index (χ3v) is 4.38. The first kappa shape index (κ1) is 11.6. The number of halogens is 2. The maximum absolute atomic E-state index is 5.56. The molecule has 0 radical (unpaired) electrons. The zero-order valence-corrected chi connectivity index (χ0v) is 11.8. The van der Waals surface area contributed by atoms with Gasteiger partial charge in [-0.1, -0.05) is 0 Å². The van der Waals surface area contributed by atoms with Gasteiger partial charge in [-0.05, 0) is 45.0 Å². The monoisotopic (exact) mass is 336 g/mol. The molecule has 84 valence electrons. The van der Waals surface area contributed by atoms with Crippen molar-refractivity contribution >= 4 is 31.9 Å². The van der Waals surface area contributed by atoms with Crippen molar-refractivity contribution in [2.45, 2.75) is 6.54 Å². The van der Waals surface area contributed by atoms with Crippen molar-refractivity contribution in [3.63, 3.8) is 0 Å². The van der Waals surface area contributed by atoms with Crippen LogP contribution >= 0.6 is 31.9 Å². The molecule has 1 aromatic heterocycles. The van der Waals surface area contributed by atoms with E-state index >= 15 is 0 Å². The van der Waals surface area contributed by atoms with Crippen LogP contribution in [0.15, 0.2) is 19.6 Å². The fraction of sp³-hybridized carbons (Fsp3) is 0.600. The van der Waals surface area contributed by atoms with E-state index in [2.05, 4.69) is 48.7 Å². The second-order valence-corrected chi connectivity index (χ2v) is 5.49. The zero-order chi connectivity index (χ0) is 10.8. The lowest BCUT2D eigenvalue weighted by atomic mass is 10.3. The average Bonchev–Trinajstić information content (AvgIpc) is 2.50. The molecule has 0 bridgehead atoms. The summed E-state index contributed by atoms with van der Waals surface area (Å²) in [6.45, 7) is 5.42. The van der Waals surface area contributed by atoms with Crippen LogP contribution in [-0.4, -0.2) is 43.0 Å². The Kier molecular flexibility index (Phi) is 3.88. The van der Waals surface area contributed by atoms with Gasteiger partial charge in [0.15, 0.2) is 4.67 Å². The van der Waals surface area contributed by atoms with Crippen molar-refractivity contribution in [3.8, 4) is 0 Å². The molecule has 1 fully saturated rings. The maximum Gasteiger partial charge on any atom is 0.183 e. The molecule has 15 heavy (non-hydrogen) atoms. The third-order valence-electron chi connectivity index (χ3n) is 2.67. The van der Waals surface area contributed by atoms with Gasteiger partial charge >= 0.3 is 0 Å². The smallest absolute Gasteiger partial charge is 0.183 e. The van der Waals surface area contributed by atoms with Gasteiger partial charge in [-0.2, -0.15) is 0 Å². The topological polar surface area (TPSA) is 19.6 Å². The van der Waals surface area contributed by atoms with Crippen LogP contribution in [0.25, 0.3) is 0 Å². The average molecular weight is 338 g/mol. The summed E-state index contributed by atoms with van der Waals surface area (Å²) >= 11 is 6.77. The number of likely N-dealkylation sites (N-methyl/N-ethyl adjacent to an activating group) is 1. The molecule has 1 aliphatic rings. The van der Waals surface area contributed by atoms with Gasteiger partial charge in [-0.25, -0.2) is 0 Å². The third kappa shape index (κ3) is 3.06. The van der Waals surface area contributed by atoms with Gasteiger partial charge < -0.3 is 9.32 Å². The van der Waals surface area contributed by atoms with Crippen LogP contribution in [0.5, 0.6) is 0 Å². The predicted molar refractivity (Wildman–Crippen MR) is 66.9 cm³/mol. The fourth-order valence-corrected chi connectivity index (χ4v) is 2.35. The Morgan fingerprint density at radius 2 is 1.93 bits per heavy atom. The van der Waals surface area contributed by atoms with Crippen molar-refractivity contribution in [1.82, 2.24) is 9.80 Å². The molecule has 0 aliphatic carbocycles. The highest BCUT2D eigenvalue weighted by molar-refractivity contribution is 9.13. The number of piperazine rings is 1. The van der Waals surface area contributed by atoms with Crippen molar-refractivity contribution in [2.75, 3.05) is 33.2 Å². The van der Waals surface area contributed by atoms with E-state index in [0.29, 0.717) is 0 Å². The lowest BCUT2D eigenvalue weighted by molar-refractivity contribution is 0.140. The molecule has 2 rings (SSSR count). The van der Waals surface area contributed by atoms with E-state index in [1.54, 1.807) is 0 Å². The Bertz CT molecular complexity index is 313. The van der Waals surface area contributed by atoms with Gasteiger partial charge in [-0.3, -0.25) is 4.90 Å². The summed E-state index contributed by atoms with van der Waals surface area (Å²) in [7, 11) is 2.16. The molecule has 0 atom stereocenters. The largest absolute Gasteiger partial charge is 0.452 e. The van der Waals surface area contributed by atoms with E-state index in [4.69, 9.17) is 4.42 Å². The summed E-state index contributed by atoms with van der Waals surface area (Å²) in [6.07, 6.45) is 0. The van der Waals surface area contributed by atoms with Crippen LogP contribution in [0.3, 0.4) is 0 Å². The van der Waals surface area contributed by atoms with Crippen molar-refractivity contribution in [2.24, 2.45) is 0 Å². The molecule has 0 aromatic carbocycles. The molecule has 2 heterocycles. The highest BCUT2D eigenvalue weighted by Crippen LogP contribution is 2.27. The standard InChI is InChI=1S/C10H14Br2N2O/c1-13-2-4-14(5-3-13)7-8-6-9(11)10(12)15-8/h6H,2-5,7H2,1H3. The highest BCUT2D eigenvalue weighted by Gasteiger charge is 2.16. The lowest BCUT2D eigenvalue weighted by Gasteiger charge is -2.31. The van der Waals surface area contributed by atoms with Crippen LogP contribution in [0, 0.1) is 0 Å². The molecule has 1 aliphatic heterocycles. The summed E-state index contributed by atoms with van der Waals surface area (Å²) in [6, 6.07) is 2.03. The minimum Gasteiger partial charge on any atom is -0.452 e. The predicted octanol–water partition coefficient (Wildman–Crippen LogP) is 2.55. The van der Waals surface area contributed by atoms with Crippen LogP contribution in [0.1, 0.15) is 5.76 Å². The quantitative estimate of drug-likeness (QED) is 0.827. The van der Waals surface area contributed by atoms with Gasteiger partial charge in [0.25, 0.3) is 0 Å². The molecular formula is C10H14Br2N2O. The summed E-state index contributed by atoms with van der Waals surface area (Å²) in [5.74, 6) is 1.01. The van der Waals surface area contributed by atoms with Crippen LogP contribution < -0.4 is 0 Å². The fourth-order valence-electron chi connectivity index (χ4n) is 1.70. The van der Waals surface area contributed by atoms with Crippen molar-refractivity contribution in [3.05, 3.63) is 21.0 Å². The number of hydrogen-bond acceptors (Lipinski definition) is 3. The van der Waals surface area contributed by atoms with Gasteiger partial charge in [0, 0.05) is 26.2 Å². The van der Waals surface area contributed by atoms with Crippen LogP contribution in [-0.2, 0) is 6.54 Å². The van der Waals surface area contributed by atoms with Gasteiger partial charge in [0.2, 0.25) is 0 Å². The van der Waals surface area contributed by atoms with E-state index in [1.165, 1.54) is 0 Å². The van der Waals surface area contributed by atoms with Crippen molar-refractivity contribution < 1.29 is 4.42 Å². The SMILES string of the molecule is CN1CCN(Cc2cc(Br)c(Br)o2)CC1. The molecule has 0 spiro atoms. The van der Waals surface area contributed by atoms with Gasteiger partial charge in [-0.15, -0.1) is 0 Å². The van der Waals surface area contributed by atoms with E-state index in [9.17, 15) is 0 Å². The molecular weight excluding hydrogens is 324 g/mol. The molecule has 1 aromatic rings. The van der Waals surface area contributed by atoms with E-state index < -0.39 is 0 Å². The molecule has 3 nitrogen and oxygen atoms in total. The zero-order valence-electron chi connectivity index (χ0n) is 8.67. The number of furan rings is 1. The minimum atomic E-state index is 0.784. The second-order valence-electron chi connectivity index (χ2n) is 3.91. The van der Waals surface area contributed by atoms with Crippen LogP contribution in [0.2, 0.25) is 0 Å². The number of rotatable bonds is 2. The lowest BCUT2D eigenvalue weighted by Crippen LogP contribution is -2.43.